The van der Waals surface area contributed by atoms with E-state index in [9.17, 15) is 18.8 Å². The van der Waals surface area contributed by atoms with Crippen molar-refractivity contribution < 1.29 is 33.0 Å². The lowest BCUT2D eigenvalue weighted by molar-refractivity contribution is -0.168. The topological polar surface area (TPSA) is 139 Å². The van der Waals surface area contributed by atoms with Gasteiger partial charge in [-0.25, -0.2) is 14.2 Å². The smallest absolute Gasteiger partial charge is 0.410 e. The standard InChI is InChI=1S/C35H52FN7O6/c1-9-43(24(6)7)32(44)27-17-26(36)12-13-29(27)49-31-30(38-21-39-40-31)41-16-14-35(18-41)19-42(20-35)28(22(2)3)11-10-15-37-34(46)48-25(8)47-33(45)23(4)5/h12-13,17,21-25,28H,9-11,14-16,18-20H2,1-8H3,(H,37,46). The fourth-order valence-corrected chi connectivity index (χ4v) is 6.68. The van der Waals surface area contributed by atoms with Crippen LogP contribution < -0.4 is 15.0 Å². The van der Waals surface area contributed by atoms with Crippen molar-refractivity contribution in [2.45, 2.75) is 93.0 Å². The van der Waals surface area contributed by atoms with Crippen LogP contribution in [0.4, 0.5) is 15.0 Å². The number of carbonyl (C=O) groups excluding carboxylic acids is 3. The van der Waals surface area contributed by atoms with Gasteiger partial charge in [-0.1, -0.05) is 27.7 Å². The first-order valence-electron chi connectivity index (χ1n) is 17.3. The van der Waals surface area contributed by atoms with Crippen molar-refractivity contribution in [2.75, 3.05) is 44.2 Å². The predicted octanol–water partition coefficient (Wildman–Crippen LogP) is 5.26. The first kappa shape index (κ1) is 37.7. The molecule has 1 N–H and O–H groups in total. The highest BCUT2D eigenvalue weighted by atomic mass is 19.1. The van der Waals surface area contributed by atoms with E-state index < -0.39 is 24.2 Å². The minimum atomic E-state index is -0.951. The molecule has 2 aliphatic heterocycles. The average Bonchev–Trinajstić information content (AvgIpc) is 3.47. The Balaban J connectivity index is 1.33. The molecule has 0 saturated carbocycles. The molecule has 0 aliphatic carbocycles. The molecule has 49 heavy (non-hydrogen) atoms. The van der Waals surface area contributed by atoms with E-state index in [0.29, 0.717) is 30.9 Å². The number of hydrogen-bond donors (Lipinski definition) is 1. The summed E-state index contributed by atoms with van der Waals surface area (Å²) in [4.78, 5) is 48.1. The summed E-state index contributed by atoms with van der Waals surface area (Å²) < 4.78 is 30.7. The number of ether oxygens (including phenoxy) is 3. The number of nitrogens with zero attached hydrogens (tertiary/aromatic N) is 6. The summed E-state index contributed by atoms with van der Waals surface area (Å²) >= 11 is 0. The number of esters is 1. The van der Waals surface area contributed by atoms with Crippen LogP contribution in [0.2, 0.25) is 0 Å². The van der Waals surface area contributed by atoms with Crippen LogP contribution in [0.5, 0.6) is 11.6 Å². The van der Waals surface area contributed by atoms with Crippen LogP contribution >= 0.6 is 0 Å². The highest BCUT2D eigenvalue weighted by molar-refractivity contribution is 5.97. The first-order chi connectivity index (χ1) is 23.2. The molecule has 13 nitrogen and oxygen atoms in total. The van der Waals surface area contributed by atoms with E-state index in [-0.39, 0.29) is 40.5 Å². The lowest BCUT2D eigenvalue weighted by atomic mass is 9.76. The molecule has 3 heterocycles. The molecule has 1 aromatic heterocycles. The van der Waals surface area contributed by atoms with Crippen molar-refractivity contribution in [3.05, 3.63) is 35.9 Å². The third-order valence-electron chi connectivity index (χ3n) is 9.20. The highest BCUT2D eigenvalue weighted by Crippen LogP contribution is 2.44. The molecule has 1 aromatic carbocycles. The fourth-order valence-electron chi connectivity index (χ4n) is 6.68. The summed E-state index contributed by atoms with van der Waals surface area (Å²) in [7, 11) is 0. The molecule has 2 fully saturated rings. The Labute approximate surface area is 288 Å². The molecule has 1 spiro atoms. The number of alkyl carbamates (subject to hydrolysis) is 1. The van der Waals surface area contributed by atoms with Crippen LogP contribution in [0.3, 0.4) is 0 Å². The molecule has 14 heteroatoms. The van der Waals surface area contributed by atoms with Crippen LogP contribution in [0.1, 0.15) is 85.0 Å². The molecule has 2 aromatic rings. The van der Waals surface area contributed by atoms with E-state index in [1.165, 1.54) is 31.5 Å². The number of anilines is 1. The summed E-state index contributed by atoms with van der Waals surface area (Å²) in [6, 6.07) is 4.18. The summed E-state index contributed by atoms with van der Waals surface area (Å²) in [6.45, 7) is 19.4. The van der Waals surface area contributed by atoms with Gasteiger partial charge in [0.2, 0.25) is 6.29 Å². The molecule has 2 unspecified atom stereocenters. The van der Waals surface area contributed by atoms with Crippen LogP contribution in [0.15, 0.2) is 24.5 Å². The van der Waals surface area contributed by atoms with Crippen molar-refractivity contribution >= 4 is 23.8 Å². The van der Waals surface area contributed by atoms with E-state index in [1.54, 1.807) is 18.7 Å². The number of aromatic nitrogens is 3. The maximum Gasteiger partial charge on any atom is 0.410 e. The number of likely N-dealkylation sites (tertiary alicyclic amines) is 1. The number of rotatable bonds is 15. The van der Waals surface area contributed by atoms with Crippen molar-refractivity contribution in [3.63, 3.8) is 0 Å². The molecule has 270 valence electrons. The lowest BCUT2D eigenvalue weighted by Gasteiger charge is -2.53. The van der Waals surface area contributed by atoms with Gasteiger partial charge in [0.15, 0.2) is 5.82 Å². The lowest BCUT2D eigenvalue weighted by Crippen LogP contribution is -2.62. The predicted molar refractivity (Wildman–Crippen MR) is 182 cm³/mol. The molecule has 2 amide bonds. The second kappa shape index (κ2) is 16.6. The van der Waals surface area contributed by atoms with Gasteiger partial charge >= 0.3 is 12.1 Å². The molecule has 4 rings (SSSR count). The number of halogens is 1. The zero-order valence-corrected chi connectivity index (χ0v) is 30.1. The van der Waals surface area contributed by atoms with Crippen LogP contribution in [0, 0.1) is 23.1 Å². The van der Waals surface area contributed by atoms with Crippen molar-refractivity contribution in [1.82, 2.24) is 30.3 Å². The Morgan fingerprint density at radius 1 is 1.06 bits per heavy atom. The molecule has 2 atom stereocenters. The van der Waals surface area contributed by atoms with E-state index >= 15 is 0 Å². The molecule has 0 bridgehead atoms. The Kier molecular flexibility index (Phi) is 12.8. The minimum absolute atomic E-state index is 0.0706. The number of amides is 2. The monoisotopic (exact) mass is 685 g/mol. The van der Waals surface area contributed by atoms with Crippen LogP contribution in [0.25, 0.3) is 0 Å². The third-order valence-corrected chi connectivity index (χ3v) is 9.20. The van der Waals surface area contributed by atoms with Gasteiger partial charge in [0.1, 0.15) is 17.9 Å². The number of hydrogen-bond acceptors (Lipinski definition) is 11. The summed E-state index contributed by atoms with van der Waals surface area (Å²) in [5.41, 5.74) is 0.213. The fraction of sp³-hybridized carbons (Fsp3) is 0.657. The third kappa shape index (κ3) is 9.55. The quantitative estimate of drug-likeness (QED) is 0.149. The average molecular weight is 686 g/mol. The molecule has 2 saturated heterocycles. The Hall–Kier alpha value is -4.07. The zero-order chi connectivity index (χ0) is 35.9. The van der Waals surface area contributed by atoms with Crippen LogP contribution in [-0.4, -0.2) is 101 Å². The van der Waals surface area contributed by atoms with Gasteiger partial charge in [0, 0.05) is 63.7 Å². The zero-order valence-electron chi connectivity index (χ0n) is 30.1. The second-order valence-electron chi connectivity index (χ2n) is 14.0. The van der Waals surface area contributed by atoms with E-state index in [0.717, 1.165) is 45.4 Å². The molecule has 0 radical (unpaired) electrons. The van der Waals surface area contributed by atoms with Gasteiger partial charge in [0.25, 0.3) is 11.8 Å². The van der Waals surface area contributed by atoms with Gasteiger partial charge in [-0.05, 0) is 64.2 Å². The highest BCUT2D eigenvalue weighted by Gasteiger charge is 2.50. The SMILES string of the molecule is CCN(C(=O)c1cc(F)ccc1Oc1nncnc1N1CCC2(C1)CN(C(CCCNC(=O)OC(C)OC(=O)C(C)C)C(C)C)C2)C(C)C. The van der Waals surface area contributed by atoms with E-state index in [1.807, 2.05) is 20.8 Å². The van der Waals surface area contributed by atoms with Crippen LogP contribution in [-0.2, 0) is 14.3 Å². The minimum Gasteiger partial charge on any atom is -0.434 e. The second-order valence-corrected chi connectivity index (χ2v) is 14.0. The van der Waals surface area contributed by atoms with Gasteiger partial charge in [-0.15, -0.1) is 10.2 Å². The van der Waals surface area contributed by atoms with Gasteiger partial charge in [-0.3, -0.25) is 14.5 Å². The van der Waals surface area contributed by atoms with Crippen molar-refractivity contribution in [1.29, 1.82) is 0 Å². The summed E-state index contributed by atoms with van der Waals surface area (Å²) in [6.07, 6.45) is 2.49. The Morgan fingerprint density at radius 3 is 2.45 bits per heavy atom. The van der Waals surface area contributed by atoms with Crippen molar-refractivity contribution in [3.8, 4) is 11.6 Å². The number of benzene rings is 1. The van der Waals surface area contributed by atoms with E-state index in [2.05, 4.69) is 44.1 Å². The Morgan fingerprint density at radius 2 is 1.80 bits per heavy atom. The maximum atomic E-state index is 14.3. The molecule has 2 aliphatic rings. The summed E-state index contributed by atoms with van der Waals surface area (Å²) in [5.74, 6) is -0.240. The first-order valence-corrected chi connectivity index (χ1v) is 17.3. The summed E-state index contributed by atoms with van der Waals surface area (Å²) in [5, 5.41) is 10.9. The van der Waals surface area contributed by atoms with Gasteiger partial charge in [-0.2, -0.15) is 0 Å². The Bertz CT molecular complexity index is 1450. The van der Waals surface area contributed by atoms with E-state index in [4.69, 9.17) is 14.2 Å². The van der Waals surface area contributed by atoms with Crippen molar-refractivity contribution in [2.24, 2.45) is 17.3 Å². The molecular weight excluding hydrogens is 633 g/mol. The van der Waals surface area contributed by atoms with Gasteiger partial charge < -0.3 is 29.3 Å². The largest absolute Gasteiger partial charge is 0.434 e. The molecular formula is C35H52FN7O6. The normalized spacial score (nSPS) is 16.9. The maximum absolute atomic E-state index is 14.3. The number of carbonyl (C=O) groups is 3. The number of nitrogens with one attached hydrogen (secondary N) is 1. The van der Waals surface area contributed by atoms with Gasteiger partial charge in [0.05, 0.1) is 11.5 Å².